The Morgan fingerprint density at radius 2 is 2.11 bits per heavy atom. The first-order valence-electron chi connectivity index (χ1n) is 3.08. The predicted molar refractivity (Wildman–Crippen MR) is 45.2 cm³/mol. The van der Waals surface area contributed by atoms with Crippen LogP contribution in [-0.4, -0.2) is 42.9 Å². The van der Waals surface area contributed by atoms with Crippen LogP contribution in [0.1, 0.15) is 0 Å². The molecular formula is C5H15N3Si. The minimum atomic E-state index is 0.458. The second kappa shape index (κ2) is 4.52. The highest BCUT2D eigenvalue weighted by molar-refractivity contribution is 6.25. The van der Waals surface area contributed by atoms with Crippen LogP contribution >= 0.6 is 0 Å². The average molecular weight is 145 g/mol. The van der Waals surface area contributed by atoms with Crippen LogP contribution in [0.5, 0.6) is 0 Å². The van der Waals surface area contributed by atoms with Gasteiger partial charge in [0.1, 0.15) is 5.84 Å². The molecule has 0 aliphatic rings. The lowest BCUT2D eigenvalue weighted by Gasteiger charge is -2.11. The molecule has 0 heterocycles. The van der Waals surface area contributed by atoms with Crippen LogP contribution in [-0.2, 0) is 0 Å². The number of likely N-dealkylation sites (N-methyl/N-ethyl adjacent to an activating group) is 2. The largest absolute Gasteiger partial charge is 0.376 e. The first-order valence-corrected chi connectivity index (χ1v) is 4.23. The number of nitrogens with one attached hydrogen (secondary N) is 2. The van der Waals surface area contributed by atoms with Crippen LogP contribution in [0, 0.1) is 0 Å². The van der Waals surface area contributed by atoms with Crippen LogP contribution in [0.4, 0.5) is 0 Å². The van der Waals surface area contributed by atoms with Crippen molar-refractivity contribution in [1.82, 2.24) is 10.6 Å². The number of rotatable bonds is 2. The third-order valence-electron chi connectivity index (χ3n) is 1.34. The molecule has 0 aromatic heterocycles. The summed E-state index contributed by atoms with van der Waals surface area (Å²) in [6.07, 6.45) is 0. The highest BCUT2D eigenvalue weighted by Crippen LogP contribution is 1.75. The monoisotopic (exact) mass is 145 g/mol. The zero-order valence-corrected chi connectivity index (χ0v) is 8.52. The molecule has 0 rings (SSSR count). The van der Waals surface area contributed by atoms with Gasteiger partial charge in [-0.3, -0.25) is 4.99 Å². The summed E-state index contributed by atoms with van der Waals surface area (Å²) in [4.78, 5) is 4.06. The molecule has 1 unspecified atom stereocenters. The molecule has 0 aliphatic carbocycles. The third-order valence-corrected chi connectivity index (χ3v) is 2.46. The van der Waals surface area contributed by atoms with Gasteiger partial charge in [0.05, 0.1) is 0 Å². The smallest absolute Gasteiger partial charge is 0.109 e. The molecule has 0 spiro atoms. The average Bonchev–Trinajstić information content (AvgIpc) is 1.90. The molecule has 2 N–H and O–H groups in total. The van der Waals surface area contributed by atoms with Crippen LogP contribution in [0.15, 0.2) is 4.99 Å². The Hall–Kier alpha value is -0.353. The molecule has 0 saturated carbocycles. The minimum Gasteiger partial charge on any atom is -0.376 e. The zero-order valence-electron chi connectivity index (χ0n) is 6.52. The Morgan fingerprint density at radius 1 is 1.56 bits per heavy atom. The van der Waals surface area contributed by atoms with Crippen LogP contribution in [0.25, 0.3) is 0 Å². The van der Waals surface area contributed by atoms with Gasteiger partial charge in [-0.2, -0.15) is 0 Å². The quantitative estimate of drug-likeness (QED) is 0.272. The summed E-state index contributed by atoms with van der Waals surface area (Å²) < 4.78 is 0. The Morgan fingerprint density at radius 3 is 2.22 bits per heavy atom. The third kappa shape index (κ3) is 2.62. The normalized spacial score (nSPS) is 15.7. The summed E-state index contributed by atoms with van der Waals surface area (Å²) in [6, 6.07) is 0. The molecule has 1 atom stereocenters. The van der Waals surface area contributed by atoms with Crippen LogP contribution < -0.4 is 10.6 Å². The van der Waals surface area contributed by atoms with Crippen LogP contribution in [0.2, 0.25) is 0 Å². The van der Waals surface area contributed by atoms with E-state index in [0.29, 0.717) is 5.67 Å². The molecule has 0 fully saturated rings. The molecule has 0 radical (unpaired) electrons. The lowest BCUT2D eigenvalue weighted by molar-refractivity contribution is 0.854. The van der Waals surface area contributed by atoms with Gasteiger partial charge in [0.2, 0.25) is 0 Å². The molecule has 9 heavy (non-hydrogen) atoms. The number of hydrogen-bond acceptors (Lipinski definition) is 2. The topological polar surface area (TPSA) is 36.4 Å². The lowest BCUT2D eigenvalue weighted by atomic mass is 10.5. The van der Waals surface area contributed by atoms with Gasteiger partial charge >= 0.3 is 0 Å². The maximum atomic E-state index is 4.06. The number of aliphatic imine (C=N–C) groups is 1. The van der Waals surface area contributed by atoms with Crippen molar-refractivity contribution < 1.29 is 0 Å². The van der Waals surface area contributed by atoms with Gasteiger partial charge in [0.15, 0.2) is 0 Å². The Labute approximate surface area is 59.4 Å². The summed E-state index contributed by atoms with van der Waals surface area (Å²) in [7, 11) is 6.73. The van der Waals surface area contributed by atoms with Crippen molar-refractivity contribution in [2.75, 3.05) is 21.1 Å². The summed E-state index contributed by atoms with van der Waals surface area (Å²) >= 11 is 0. The van der Waals surface area contributed by atoms with Gasteiger partial charge in [0, 0.05) is 30.0 Å². The summed E-state index contributed by atoms with van der Waals surface area (Å²) in [6.45, 7) is 0. The SMILES string of the molecule is CN=C(NC)C([SiH3])NC. The van der Waals surface area contributed by atoms with E-state index in [2.05, 4.69) is 15.6 Å². The van der Waals surface area contributed by atoms with Gasteiger partial charge in [-0.25, -0.2) is 0 Å². The predicted octanol–water partition coefficient (Wildman–Crippen LogP) is -1.85. The molecule has 0 aromatic rings. The molecule has 0 aliphatic heterocycles. The van der Waals surface area contributed by atoms with Gasteiger partial charge in [-0.05, 0) is 7.05 Å². The van der Waals surface area contributed by atoms with E-state index < -0.39 is 0 Å². The van der Waals surface area contributed by atoms with E-state index in [-0.39, 0.29) is 0 Å². The summed E-state index contributed by atoms with van der Waals surface area (Å²) in [5, 5.41) is 6.16. The van der Waals surface area contributed by atoms with Crippen LogP contribution in [0.3, 0.4) is 0 Å². The van der Waals surface area contributed by atoms with E-state index in [1.165, 1.54) is 0 Å². The minimum absolute atomic E-state index is 0.458. The van der Waals surface area contributed by atoms with Gasteiger partial charge in [-0.15, -0.1) is 0 Å². The fourth-order valence-electron chi connectivity index (χ4n) is 0.659. The second-order valence-electron chi connectivity index (χ2n) is 1.87. The van der Waals surface area contributed by atoms with Gasteiger partial charge in [-0.1, -0.05) is 0 Å². The number of amidine groups is 1. The second-order valence-corrected chi connectivity index (χ2v) is 3.02. The van der Waals surface area contributed by atoms with E-state index in [1.807, 2.05) is 14.1 Å². The van der Waals surface area contributed by atoms with Crippen molar-refractivity contribution in [3.63, 3.8) is 0 Å². The molecule has 4 heteroatoms. The zero-order chi connectivity index (χ0) is 7.28. The Bertz CT molecular complexity index is 102. The van der Waals surface area contributed by atoms with Crippen molar-refractivity contribution in [1.29, 1.82) is 0 Å². The van der Waals surface area contributed by atoms with Crippen molar-refractivity contribution >= 4 is 16.1 Å². The fourth-order valence-corrected chi connectivity index (χ4v) is 1.21. The molecule has 3 nitrogen and oxygen atoms in total. The maximum absolute atomic E-state index is 4.06. The molecule has 0 bridgehead atoms. The lowest BCUT2D eigenvalue weighted by Crippen LogP contribution is -2.41. The van der Waals surface area contributed by atoms with Crippen molar-refractivity contribution in [2.24, 2.45) is 4.99 Å². The van der Waals surface area contributed by atoms with Crippen molar-refractivity contribution in [3.05, 3.63) is 0 Å². The summed E-state index contributed by atoms with van der Waals surface area (Å²) in [5.74, 6) is 1.05. The van der Waals surface area contributed by atoms with Crippen molar-refractivity contribution in [2.45, 2.75) is 5.67 Å². The molecule has 0 saturated heterocycles. The number of nitrogens with zero attached hydrogens (tertiary/aromatic N) is 1. The highest BCUT2D eigenvalue weighted by Gasteiger charge is 2.02. The molecule has 0 amide bonds. The molecular weight excluding hydrogens is 130 g/mol. The standard InChI is InChI=1S/C5H15N3Si/c1-6-4(7-2)5(9)8-3/h5,8H,1-3,9H3,(H,6,7). The Balaban J connectivity index is 3.80. The summed E-state index contributed by atoms with van der Waals surface area (Å²) in [5.41, 5.74) is 0.458. The molecule has 0 aromatic carbocycles. The van der Waals surface area contributed by atoms with E-state index >= 15 is 0 Å². The first-order chi connectivity index (χ1) is 4.26. The van der Waals surface area contributed by atoms with Gasteiger partial charge in [0.25, 0.3) is 0 Å². The number of hydrogen-bond donors (Lipinski definition) is 2. The fraction of sp³-hybridized carbons (Fsp3) is 0.800. The Kier molecular flexibility index (Phi) is 4.34. The van der Waals surface area contributed by atoms with Crippen molar-refractivity contribution in [3.8, 4) is 0 Å². The van der Waals surface area contributed by atoms with E-state index in [9.17, 15) is 0 Å². The van der Waals surface area contributed by atoms with E-state index in [0.717, 1.165) is 16.1 Å². The van der Waals surface area contributed by atoms with Gasteiger partial charge < -0.3 is 10.6 Å². The highest BCUT2D eigenvalue weighted by atomic mass is 28.1. The van der Waals surface area contributed by atoms with E-state index in [4.69, 9.17) is 0 Å². The molecule has 54 valence electrons. The maximum Gasteiger partial charge on any atom is 0.109 e. The first kappa shape index (κ1) is 8.65. The van der Waals surface area contributed by atoms with E-state index in [1.54, 1.807) is 7.05 Å².